The molecule has 2 atom stereocenters. The first-order chi connectivity index (χ1) is 16.3. The molecule has 1 amide bonds. The Kier molecular flexibility index (Phi) is 21.4. The summed E-state index contributed by atoms with van der Waals surface area (Å²) in [6, 6.07) is 0. The van der Waals surface area contributed by atoms with Crippen LogP contribution in [0, 0.1) is 0 Å². The number of aliphatic hydroxyl groups is 1. The molecule has 0 radical (unpaired) electrons. The van der Waals surface area contributed by atoms with Gasteiger partial charge in [0.2, 0.25) is 5.91 Å². The molecule has 2 unspecified atom stereocenters. The molecule has 0 saturated carbocycles. The maximum atomic E-state index is 11.8. The second kappa shape index (κ2) is 22.2. The van der Waals surface area contributed by atoms with Crippen LogP contribution in [0.1, 0.15) is 97.3 Å². The standard InChI is InChI=1S/C24H46NO8P/c1-3-5-7-8-9-10-11-12-13-14-15-17-24(28)31-20-22(26)21-33-34(29,30)32-19-18-25-23(27)16-6-4-2/h8-9,22,26H,3-7,10-21H2,1-2H3,(H,25,27)(H,29,30)/b9-8-. The highest BCUT2D eigenvalue weighted by atomic mass is 31.2. The fraction of sp³-hybridized carbons (Fsp3) is 0.833. The smallest absolute Gasteiger partial charge is 0.463 e. The highest BCUT2D eigenvalue weighted by Crippen LogP contribution is 2.42. The average molecular weight is 508 g/mol. The van der Waals surface area contributed by atoms with Gasteiger partial charge in [-0.15, -0.1) is 0 Å². The van der Waals surface area contributed by atoms with E-state index in [0.717, 1.165) is 57.8 Å². The van der Waals surface area contributed by atoms with Crippen molar-refractivity contribution in [3.63, 3.8) is 0 Å². The van der Waals surface area contributed by atoms with Crippen LogP contribution in [0.4, 0.5) is 0 Å². The van der Waals surface area contributed by atoms with Gasteiger partial charge < -0.3 is 20.1 Å². The van der Waals surface area contributed by atoms with E-state index in [1.54, 1.807) is 0 Å². The Hall–Kier alpha value is -1.25. The first kappa shape index (κ1) is 32.8. The minimum atomic E-state index is -4.37. The molecule has 10 heteroatoms. The summed E-state index contributed by atoms with van der Waals surface area (Å²) in [6.45, 7) is 3.20. The zero-order chi connectivity index (χ0) is 25.5. The molecule has 0 aromatic rings. The highest BCUT2D eigenvalue weighted by Gasteiger charge is 2.23. The van der Waals surface area contributed by atoms with Gasteiger partial charge in [-0.1, -0.05) is 64.5 Å². The van der Waals surface area contributed by atoms with Gasteiger partial charge in [-0.2, -0.15) is 0 Å². The van der Waals surface area contributed by atoms with E-state index < -0.39 is 26.5 Å². The third-order valence-electron chi connectivity index (χ3n) is 4.95. The molecule has 0 saturated heterocycles. The van der Waals surface area contributed by atoms with Crippen LogP contribution in [0.15, 0.2) is 12.2 Å². The lowest BCUT2D eigenvalue weighted by molar-refractivity contribution is -0.147. The van der Waals surface area contributed by atoms with Crippen molar-refractivity contribution < 1.29 is 37.9 Å². The van der Waals surface area contributed by atoms with Crippen LogP contribution in [0.25, 0.3) is 0 Å². The second-order valence-corrected chi connectivity index (χ2v) is 9.76. The van der Waals surface area contributed by atoms with E-state index in [4.69, 9.17) is 13.8 Å². The topological polar surface area (TPSA) is 131 Å². The van der Waals surface area contributed by atoms with Gasteiger partial charge in [0, 0.05) is 19.4 Å². The Morgan fingerprint density at radius 2 is 1.53 bits per heavy atom. The predicted octanol–water partition coefficient (Wildman–Crippen LogP) is 4.81. The fourth-order valence-electron chi connectivity index (χ4n) is 2.92. The number of aliphatic hydroxyl groups excluding tert-OH is 1. The first-order valence-electron chi connectivity index (χ1n) is 12.7. The van der Waals surface area contributed by atoms with Crippen molar-refractivity contribution in [3.8, 4) is 0 Å². The number of amides is 1. The van der Waals surface area contributed by atoms with Crippen molar-refractivity contribution in [1.82, 2.24) is 5.32 Å². The van der Waals surface area contributed by atoms with Crippen LogP contribution >= 0.6 is 7.82 Å². The number of hydrogen-bond acceptors (Lipinski definition) is 7. The molecule has 0 rings (SSSR count). The van der Waals surface area contributed by atoms with Gasteiger partial charge in [0.05, 0.1) is 13.2 Å². The molecule has 0 aliphatic heterocycles. The van der Waals surface area contributed by atoms with Gasteiger partial charge in [0.1, 0.15) is 12.7 Å². The van der Waals surface area contributed by atoms with Gasteiger partial charge in [-0.3, -0.25) is 18.6 Å². The Morgan fingerprint density at radius 1 is 0.882 bits per heavy atom. The van der Waals surface area contributed by atoms with Crippen LogP contribution in [0.5, 0.6) is 0 Å². The van der Waals surface area contributed by atoms with E-state index in [2.05, 4.69) is 24.4 Å². The maximum Gasteiger partial charge on any atom is 0.472 e. The zero-order valence-electron chi connectivity index (χ0n) is 21.0. The minimum absolute atomic E-state index is 0.0761. The Bertz CT molecular complexity index is 600. The van der Waals surface area contributed by atoms with Gasteiger partial charge in [0.15, 0.2) is 0 Å². The number of phosphoric ester groups is 1. The summed E-state index contributed by atoms with van der Waals surface area (Å²) >= 11 is 0. The largest absolute Gasteiger partial charge is 0.472 e. The molecule has 3 N–H and O–H groups in total. The monoisotopic (exact) mass is 507 g/mol. The van der Waals surface area contributed by atoms with E-state index in [0.29, 0.717) is 6.42 Å². The van der Waals surface area contributed by atoms with Crippen molar-refractivity contribution in [2.45, 2.75) is 103 Å². The number of nitrogens with one attached hydrogen (secondary N) is 1. The Morgan fingerprint density at radius 3 is 2.24 bits per heavy atom. The van der Waals surface area contributed by atoms with E-state index in [1.807, 2.05) is 6.92 Å². The number of rotatable bonds is 23. The van der Waals surface area contributed by atoms with Gasteiger partial charge in [0.25, 0.3) is 0 Å². The van der Waals surface area contributed by atoms with Crippen LogP contribution in [0.3, 0.4) is 0 Å². The highest BCUT2D eigenvalue weighted by molar-refractivity contribution is 7.47. The van der Waals surface area contributed by atoms with Gasteiger partial charge in [-0.05, 0) is 32.1 Å². The lowest BCUT2D eigenvalue weighted by Crippen LogP contribution is -2.27. The summed E-state index contributed by atoms with van der Waals surface area (Å²) in [5.41, 5.74) is 0. The van der Waals surface area contributed by atoms with E-state index >= 15 is 0 Å². The van der Waals surface area contributed by atoms with Gasteiger partial charge in [-0.25, -0.2) is 4.57 Å². The molecule has 0 heterocycles. The number of allylic oxidation sites excluding steroid dienone is 2. The van der Waals surface area contributed by atoms with Crippen molar-refractivity contribution in [2.75, 3.05) is 26.4 Å². The minimum Gasteiger partial charge on any atom is -0.463 e. The molecule has 0 aliphatic carbocycles. The number of hydrogen-bond donors (Lipinski definition) is 3. The van der Waals surface area contributed by atoms with Gasteiger partial charge >= 0.3 is 13.8 Å². The normalized spacial score (nSPS) is 14.1. The quantitative estimate of drug-likeness (QED) is 0.0777. The molecule has 9 nitrogen and oxygen atoms in total. The third-order valence-corrected chi connectivity index (χ3v) is 5.93. The number of phosphoric acid groups is 1. The Labute approximate surface area is 205 Å². The number of ether oxygens (including phenoxy) is 1. The number of esters is 1. The van der Waals surface area contributed by atoms with Crippen LogP contribution in [-0.4, -0.2) is 54.3 Å². The summed E-state index contributed by atoms with van der Waals surface area (Å²) in [5, 5.41) is 12.4. The summed E-state index contributed by atoms with van der Waals surface area (Å²) in [6.07, 6.45) is 15.4. The molecule has 34 heavy (non-hydrogen) atoms. The van der Waals surface area contributed by atoms with Crippen molar-refractivity contribution in [3.05, 3.63) is 12.2 Å². The maximum absolute atomic E-state index is 11.8. The molecule has 0 aromatic heterocycles. The molecular formula is C24H46NO8P. The summed E-state index contributed by atoms with van der Waals surface area (Å²) in [4.78, 5) is 32.8. The zero-order valence-corrected chi connectivity index (χ0v) is 21.9. The number of carbonyl (C=O) groups is 2. The molecule has 0 spiro atoms. The molecule has 0 fully saturated rings. The average Bonchev–Trinajstić information content (AvgIpc) is 2.81. The van der Waals surface area contributed by atoms with E-state index in [-0.39, 0.29) is 32.1 Å². The summed E-state index contributed by atoms with van der Waals surface area (Å²) in [7, 11) is -4.37. The van der Waals surface area contributed by atoms with Crippen molar-refractivity contribution in [2.24, 2.45) is 0 Å². The van der Waals surface area contributed by atoms with E-state index in [9.17, 15) is 24.2 Å². The molecule has 200 valence electrons. The third kappa shape index (κ3) is 22.5. The molecule has 0 aliphatic rings. The van der Waals surface area contributed by atoms with Crippen LogP contribution in [0.2, 0.25) is 0 Å². The first-order valence-corrected chi connectivity index (χ1v) is 14.2. The molecule has 0 aromatic carbocycles. The predicted molar refractivity (Wildman–Crippen MR) is 132 cm³/mol. The molecule has 0 bridgehead atoms. The number of carbonyl (C=O) groups excluding carboxylic acids is 2. The lowest BCUT2D eigenvalue weighted by atomic mass is 10.1. The fourth-order valence-corrected chi connectivity index (χ4v) is 3.68. The summed E-state index contributed by atoms with van der Waals surface area (Å²) in [5.74, 6) is -0.567. The number of unbranched alkanes of at least 4 members (excludes halogenated alkanes) is 8. The molecular weight excluding hydrogens is 461 g/mol. The second-order valence-electron chi connectivity index (χ2n) is 8.31. The Balaban J connectivity index is 3.69. The van der Waals surface area contributed by atoms with E-state index in [1.165, 1.54) is 12.8 Å². The van der Waals surface area contributed by atoms with Crippen LogP contribution < -0.4 is 5.32 Å². The summed E-state index contributed by atoms with van der Waals surface area (Å²) < 4.78 is 26.2. The SMILES string of the molecule is CCCC/C=C\CCCCCCCC(=O)OCC(O)COP(=O)(O)OCCNC(=O)CCCC. The van der Waals surface area contributed by atoms with Crippen molar-refractivity contribution >= 4 is 19.7 Å². The van der Waals surface area contributed by atoms with Crippen molar-refractivity contribution in [1.29, 1.82) is 0 Å². The van der Waals surface area contributed by atoms with Crippen LogP contribution in [-0.2, 0) is 27.9 Å². The lowest BCUT2D eigenvalue weighted by Gasteiger charge is -2.15.